The van der Waals surface area contributed by atoms with Crippen molar-refractivity contribution in [2.24, 2.45) is 0 Å². The molecule has 23 heavy (non-hydrogen) atoms. The molecule has 1 aromatic heterocycles. The Morgan fingerprint density at radius 2 is 1.74 bits per heavy atom. The molecule has 3 rings (SSSR count). The molecule has 1 heterocycles. The summed E-state index contributed by atoms with van der Waals surface area (Å²) in [6.07, 6.45) is 0. The normalized spacial score (nSPS) is 10.9. The van der Waals surface area contributed by atoms with E-state index in [2.05, 4.69) is 15.3 Å². The fourth-order valence-electron chi connectivity index (χ4n) is 2.32. The Morgan fingerprint density at radius 3 is 2.39 bits per heavy atom. The minimum Gasteiger partial charge on any atom is -0.367 e. The van der Waals surface area contributed by atoms with Crippen LogP contribution in [0.5, 0.6) is 0 Å². The van der Waals surface area contributed by atoms with Gasteiger partial charge in [0.05, 0.1) is 10.4 Å². The number of hydrogen-bond donors (Lipinski definition) is 1. The zero-order chi connectivity index (χ0) is 16.4. The molecular weight excluding hydrogens is 292 g/mol. The van der Waals surface area contributed by atoms with Gasteiger partial charge >= 0.3 is 0 Å². The van der Waals surface area contributed by atoms with Crippen molar-refractivity contribution in [2.45, 2.75) is 19.9 Å². The van der Waals surface area contributed by atoms with E-state index in [-0.39, 0.29) is 11.7 Å². The van der Waals surface area contributed by atoms with Gasteiger partial charge in [0.2, 0.25) is 0 Å². The second-order valence-electron chi connectivity index (χ2n) is 5.52. The van der Waals surface area contributed by atoms with Crippen LogP contribution in [0, 0.1) is 10.1 Å². The molecule has 1 N–H and O–H groups in total. The molecular formula is C17H16N4O2. The molecule has 0 saturated carbocycles. The Hall–Kier alpha value is -3.02. The molecule has 0 saturated heterocycles. The van der Waals surface area contributed by atoms with Gasteiger partial charge in [0, 0.05) is 29.1 Å². The summed E-state index contributed by atoms with van der Waals surface area (Å²) in [5.74, 6) is 1.31. The van der Waals surface area contributed by atoms with Crippen LogP contribution in [0.2, 0.25) is 0 Å². The monoisotopic (exact) mass is 308 g/mol. The fraction of sp³-hybridized carbons (Fsp3) is 0.176. The molecule has 0 unspecified atom stereocenters. The Bertz CT molecular complexity index is 860. The lowest BCUT2D eigenvalue weighted by Gasteiger charge is -2.13. The Kier molecular flexibility index (Phi) is 3.89. The largest absolute Gasteiger partial charge is 0.367 e. The summed E-state index contributed by atoms with van der Waals surface area (Å²) in [7, 11) is 0. The number of nitro benzene ring substituents is 1. The van der Waals surface area contributed by atoms with E-state index < -0.39 is 4.92 Å². The molecule has 0 aliphatic rings. The first-order valence-electron chi connectivity index (χ1n) is 7.33. The van der Waals surface area contributed by atoms with Crippen LogP contribution >= 0.6 is 0 Å². The van der Waals surface area contributed by atoms with E-state index in [0.717, 1.165) is 22.3 Å². The van der Waals surface area contributed by atoms with Gasteiger partial charge in [0.15, 0.2) is 5.82 Å². The van der Waals surface area contributed by atoms with Crippen LogP contribution in [0.1, 0.15) is 13.8 Å². The van der Waals surface area contributed by atoms with Gasteiger partial charge in [-0.3, -0.25) is 10.1 Å². The molecule has 0 atom stereocenters. The van der Waals surface area contributed by atoms with Gasteiger partial charge in [0.1, 0.15) is 5.82 Å². The highest BCUT2D eigenvalue weighted by atomic mass is 16.6. The van der Waals surface area contributed by atoms with E-state index in [9.17, 15) is 10.1 Å². The molecule has 6 nitrogen and oxygen atoms in total. The topological polar surface area (TPSA) is 81.0 Å². The molecule has 0 amide bonds. The van der Waals surface area contributed by atoms with Gasteiger partial charge in [-0.2, -0.15) is 0 Å². The molecule has 3 aromatic rings. The van der Waals surface area contributed by atoms with E-state index in [1.165, 1.54) is 12.1 Å². The van der Waals surface area contributed by atoms with Crippen molar-refractivity contribution in [3.8, 4) is 11.4 Å². The Labute approximate surface area is 133 Å². The molecule has 2 aromatic carbocycles. The van der Waals surface area contributed by atoms with E-state index in [1.807, 2.05) is 38.1 Å². The lowest BCUT2D eigenvalue weighted by molar-refractivity contribution is -0.384. The average Bonchev–Trinajstić information content (AvgIpc) is 2.54. The minimum atomic E-state index is -0.420. The smallest absolute Gasteiger partial charge is 0.269 e. The van der Waals surface area contributed by atoms with Gasteiger partial charge in [-0.1, -0.05) is 12.1 Å². The molecule has 0 bridgehead atoms. The van der Waals surface area contributed by atoms with Gasteiger partial charge in [-0.25, -0.2) is 9.97 Å². The predicted octanol–water partition coefficient (Wildman–Crippen LogP) is 4.03. The van der Waals surface area contributed by atoms with Crippen LogP contribution in [0.15, 0.2) is 48.5 Å². The lowest BCUT2D eigenvalue weighted by atomic mass is 10.1. The summed E-state index contributed by atoms with van der Waals surface area (Å²) in [5, 5.41) is 15.0. The third-order valence-electron chi connectivity index (χ3n) is 3.36. The number of hydrogen-bond acceptors (Lipinski definition) is 5. The number of aromatic nitrogens is 2. The SMILES string of the molecule is CC(C)Nc1nc(-c2ccc([N+](=O)[O-])cc2)nc2ccccc12. The molecule has 0 aliphatic heterocycles. The number of nitro groups is 1. The minimum absolute atomic E-state index is 0.0510. The number of para-hydroxylation sites is 1. The van der Waals surface area contributed by atoms with Crippen LogP contribution in [-0.4, -0.2) is 20.9 Å². The standard InChI is InChI=1S/C17H16N4O2/c1-11(2)18-17-14-5-3-4-6-15(14)19-16(20-17)12-7-9-13(10-8-12)21(22)23/h3-11H,1-2H3,(H,18,19,20). The number of nitrogens with zero attached hydrogens (tertiary/aromatic N) is 3. The van der Waals surface area contributed by atoms with Crippen molar-refractivity contribution in [3.05, 3.63) is 58.6 Å². The summed E-state index contributed by atoms with van der Waals surface area (Å²) < 4.78 is 0. The predicted molar refractivity (Wildman–Crippen MR) is 90.4 cm³/mol. The van der Waals surface area contributed by atoms with Crippen LogP contribution in [-0.2, 0) is 0 Å². The average molecular weight is 308 g/mol. The molecule has 6 heteroatoms. The summed E-state index contributed by atoms with van der Waals surface area (Å²) in [5.41, 5.74) is 1.63. The summed E-state index contributed by atoms with van der Waals surface area (Å²) in [6, 6.07) is 14.3. The van der Waals surface area contributed by atoms with Crippen molar-refractivity contribution < 1.29 is 4.92 Å². The van der Waals surface area contributed by atoms with Gasteiger partial charge in [0.25, 0.3) is 5.69 Å². The Balaban J connectivity index is 2.11. The highest BCUT2D eigenvalue weighted by Crippen LogP contribution is 2.26. The maximum absolute atomic E-state index is 10.8. The van der Waals surface area contributed by atoms with E-state index >= 15 is 0 Å². The lowest BCUT2D eigenvalue weighted by Crippen LogP contribution is -2.12. The third-order valence-corrected chi connectivity index (χ3v) is 3.36. The highest BCUT2D eigenvalue weighted by molar-refractivity contribution is 5.90. The van der Waals surface area contributed by atoms with Crippen LogP contribution < -0.4 is 5.32 Å². The number of nitrogens with one attached hydrogen (secondary N) is 1. The number of anilines is 1. The number of benzene rings is 2. The van der Waals surface area contributed by atoms with Gasteiger partial charge in [-0.15, -0.1) is 0 Å². The second kappa shape index (κ2) is 6.00. The van der Waals surface area contributed by atoms with Crippen LogP contribution in [0.25, 0.3) is 22.3 Å². The van der Waals surface area contributed by atoms with Gasteiger partial charge in [-0.05, 0) is 38.1 Å². The molecule has 0 spiro atoms. The number of rotatable bonds is 4. The van der Waals surface area contributed by atoms with Crippen molar-refractivity contribution >= 4 is 22.4 Å². The van der Waals surface area contributed by atoms with Crippen molar-refractivity contribution in [1.82, 2.24) is 9.97 Å². The summed E-state index contributed by atoms with van der Waals surface area (Å²) in [6.45, 7) is 4.09. The van der Waals surface area contributed by atoms with Crippen molar-refractivity contribution in [2.75, 3.05) is 5.32 Å². The van der Waals surface area contributed by atoms with E-state index in [1.54, 1.807) is 12.1 Å². The molecule has 0 radical (unpaired) electrons. The van der Waals surface area contributed by atoms with Crippen molar-refractivity contribution in [3.63, 3.8) is 0 Å². The third kappa shape index (κ3) is 3.11. The first-order chi connectivity index (χ1) is 11.0. The summed E-state index contributed by atoms with van der Waals surface area (Å²) in [4.78, 5) is 19.5. The second-order valence-corrected chi connectivity index (χ2v) is 5.52. The molecule has 0 aliphatic carbocycles. The molecule has 116 valence electrons. The highest BCUT2D eigenvalue weighted by Gasteiger charge is 2.11. The fourth-order valence-corrected chi connectivity index (χ4v) is 2.32. The van der Waals surface area contributed by atoms with Gasteiger partial charge < -0.3 is 5.32 Å². The first-order valence-corrected chi connectivity index (χ1v) is 7.33. The first kappa shape index (κ1) is 14.9. The summed E-state index contributed by atoms with van der Waals surface area (Å²) >= 11 is 0. The molecule has 0 fully saturated rings. The van der Waals surface area contributed by atoms with Crippen molar-refractivity contribution in [1.29, 1.82) is 0 Å². The van der Waals surface area contributed by atoms with E-state index in [0.29, 0.717) is 5.82 Å². The van der Waals surface area contributed by atoms with Crippen LogP contribution in [0.3, 0.4) is 0 Å². The maximum atomic E-state index is 10.8. The number of non-ortho nitro benzene ring substituents is 1. The Morgan fingerprint density at radius 1 is 1.04 bits per heavy atom. The van der Waals surface area contributed by atoms with Crippen LogP contribution in [0.4, 0.5) is 11.5 Å². The zero-order valence-electron chi connectivity index (χ0n) is 12.9. The maximum Gasteiger partial charge on any atom is 0.269 e. The van der Waals surface area contributed by atoms with E-state index in [4.69, 9.17) is 0 Å². The zero-order valence-corrected chi connectivity index (χ0v) is 12.9. The number of fused-ring (bicyclic) bond motifs is 1. The quantitative estimate of drug-likeness (QED) is 0.581.